The summed E-state index contributed by atoms with van der Waals surface area (Å²) in [4.78, 5) is 0. The largest absolute Gasteiger partial charge is 0.492 e. The summed E-state index contributed by atoms with van der Waals surface area (Å²) in [5.74, 6) is 0.633. The summed E-state index contributed by atoms with van der Waals surface area (Å²) in [5, 5.41) is 1.09. The van der Waals surface area contributed by atoms with Gasteiger partial charge in [0.15, 0.2) is 0 Å². The Kier molecular flexibility index (Phi) is 3.85. The van der Waals surface area contributed by atoms with Gasteiger partial charge in [-0.2, -0.15) is 0 Å². The highest BCUT2D eigenvalue weighted by atomic mass is 35.5. The molecule has 0 aliphatic rings. The third kappa shape index (κ3) is 2.27. The molecule has 1 aromatic carbocycles. The van der Waals surface area contributed by atoms with E-state index < -0.39 is 0 Å². The van der Waals surface area contributed by atoms with E-state index in [4.69, 9.17) is 33.7 Å². The predicted molar refractivity (Wildman–Crippen MR) is 55.5 cm³/mol. The fourth-order valence-corrected chi connectivity index (χ4v) is 1.61. The van der Waals surface area contributed by atoms with E-state index in [9.17, 15) is 0 Å². The Morgan fingerprint density at radius 3 is 2.62 bits per heavy atom. The zero-order valence-corrected chi connectivity index (χ0v) is 8.82. The maximum absolute atomic E-state index is 6.00. The highest BCUT2D eigenvalue weighted by molar-refractivity contribution is 6.36. The van der Waals surface area contributed by atoms with E-state index in [-0.39, 0.29) is 0 Å². The summed E-state index contributed by atoms with van der Waals surface area (Å²) in [5.41, 5.74) is 6.22. The fourth-order valence-electron chi connectivity index (χ4n) is 1.03. The van der Waals surface area contributed by atoms with Crippen LogP contribution < -0.4 is 10.5 Å². The minimum Gasteiger partial charge on any atom is -0.492 e. The molecular formula is C9H11Cl2NO. The van der Waals surface area contributed by atoms with Crippen molar-refractivity contribution in [3.8, 4) is 5.75 Å². The van der Waals surface area contributed by atoms with Gasteiger partial charge in [0.05, 0.1) is 11.6 Å². The first kappa shape index (κ1) is 10.6. The molecule has 2 N–H and O–H groups in total. The lowest BCUT2D eigenvalue weighted by Gasteiger charge is -2.09. The molecule has 0 spiro atoms. The van der Waals surface area contributed by atoms with Gasteiger partial charge in [0.2, 0.25) is 0 Å². The molecule has 0 aromatic heterocycles. The topological polar surface area (TPSA) is 35.2 Å². The monoisotopic (exact) mass is 219 g/mol. The Morgan fingerprint density at radius 2 is 2.08 bits per heavy atom. The minimum absolute atomic E-state index is 0.318. The maximum atomic E-state index is 6.00. The molecule has 0 heterocycles. The van der Waals surface area contributed by atoms with Crippen molar-refractivity contribution in [1.29, 1.82) is 0 Å². The van der Waals surface area contributed by atoms with Gasteiger partial charge >= 0.3 is 0 Å². The molecule has 0 saturated heterocycles. The Morgan fingerprint density at radius 1 is 1.38 bits per heavy atom. The molecule has 0 radical (unpaired) electrons. The SMILES string of the molecule is CCOc1ccc(Cl)c(CN)c1Cl. The molecule has 0 amide bonds. The van der Waals surface area contributed by atoms with E-state index >= 15 is 0 Å². The van der Waals surface area contributed by atoms with Gasteiger partial charge in [-0.25, -0.2) is 0 Å². The highest BCUT2D eigenvalue weighted by Crippen LogP contribution is 2.32. The van der Waals surface area contributed by atoms with Crippen LogP contribution in [-0.4, -0.2) is 6.61 Å². The lowest BCUT2D eigenvalue weighted by Crippen LogP contribution is -2.01. The summed E-state index contributed by atoms with van der Waals surface area (Å²) < 4.78 is 5.29. The van der Waals surface area contributed by atoms with Crippen molar-refractivity contribution in [2.75, 3.05) is 6.61 Å². The molecule has 0 atom stereocenters. The number of halogens is 2. The fraction of sp³-hybridized carbons (Fsp3) is 0.333. The van der Waals surface area contributed by atoms with Gasteiger partial charge < -0.3 is 10.5 Å². The van der Waals surface area contributed by atoms with Gasteiger partial charge in [0.25, 0.3) is 0 Å². The smallest absolute Gasteiger partial charge is 0.138 e. The molecule has 1 aromatic rings. The van der Waals surface area contributed by atoms with Crippen LogP contribution in [0.1, 0.15) is 12.5 Å². The third-order valence-corrected chi connectivity index (χ3v) is 2.42. The summed E-state index contributed by atoms with van der Waals surface area (Å²) in [6.45, 7) is 2.79. The lowest BCUT2D eigenvalue weighted by atomic mass is 10.2. The van der Waals surface area contributed by atoms with Gasteiger partial charge in [0, 0.05) is 17.1 Å². The normalized spacial score (nSPS) is 10.2. The molecule has 0 fully saturated rings. The molecule has 4 heteroatoms. The number of ether oxygens (including phenoxy) is 1. The first-order valence-corrected chi connectivity index (χ1v) is 4.76. The van der Waals surface area contributed by atoms with Crippen LogP contribution in [0, 0.1) is 0 Å². The van der Waals surface area contributed by atoms with E-state index in [0.717, 1.165) is 5.56 Å². The second-order valence-electron chi connectivity index (χ2n) is 2.48. The highest BCUT2D eigenvalue weighted by Gasteiger charge is 2.09. The van der Waals surface area contributed by atoms with E-state index in [1.807, 2.05) is 6.92 Å². The summed E-state index contributed by atoms with van der Waals surface area (Å²) in [6.07, 6.45) is 0. The van der Waals surface area contributed by atoms with Crippen molar-refractivity contribution >= 4 is 23.2 Å². The van der Waals surface area contributed by atoms with Crippen LogP contribution in [0.5, 0.6) is 5.75 Å². The number of benzene rings is 1. The van der Waals surface area contributed by atoms with Crippen LogP contribution in [0.2, 0.25) is 10.0 Å². The molecule has 0 saturated carbocycles. The van der Waals surface area contributed by atoms with Crippen molar-refractivity contribution in [3.63, 3.8) is 0 Å². The molecule has 2 nitrogen and oxygen atoms in total. The molecule has 0 unspecified atom stereocenters. The van der Waals surface area contributed by atoms with Gasteiger partial charge in [0.1, 0.15) is 5.75 Å². The van der Waals surface area contributed by atoms with Crippen LogP contribution in [0.15, 0.2) is 12.1 Å². The zero-order chi connectivity index (χ0) is 9.84. The average molecular weight is 220 g/mol. The van der Waals surface area contributed by atoms with Crippen LogP contribution >= 0.6 is 23.2 Å². The summed E-state index contributed by atoms with van der Waals surface area (Å²) in [6, 6.07) is 3.48. The first-order chi connectivity index (χ1) is 6.20. The number of rotatable bonds is 3. The van der Waals surface area contributed by atoms with Gasteiger partial charge in [-0.15, -0.1) is 0 Å². The van der Waals surface area contributed by atoms with Crippen molar-refractivity contribution in [1.82, 2.24) is 0 Å². The van der Waals surface area contributed by atoms with Gasteiger partial charge in [-0.05, 0) is 19.1 Å². The van der Waals surface area contributed by atoms with Gasteiger partial charge in [-0.1, -0.05) is 23.2 Å². The van der Waals surface area contributed by atoms with Crippen LogP contribution in [0.4, 0.5) is 0 Å². The Labute approximate surface area is 87.6 Å². The van der Waals surface area contributed by atoms with Crippen LogP contribution in [-0.2, 0) is 6.54 Å². The molecule has 72 valence electrons. The van der Waals surface area contributed by atoms with E-state index in [0.29, 0.717) is 28.9 Å². The van der Waals surface area contributed by atoms with E-state index in [2.05, 4.69) is 0 Å². The lowest BCUT2D eigenvalue weighted by molar-refractivity contribution is 0.340. The number of hydrogen-bond donors (Lipinski definition) is 1. The molecule has 1 rings (SSSR count). The minimum atomic E-state index is 0.318. The second-order valence-corrected chi connectivity index (χ2v) is 3.26. The van der Waals surface area contributed by atoms with Crippen LogP contribution in [0.3, 0.4) is 0 Å². The third-order valence-electron chi connectivity index (χ3n) is 1.65. The van der Waals surface area contributed by atoms with Crippen molar-refractivity contribution in [2.45, 2.75) is 13.5 Å². The van der Waals surface area contributed by atoms with E-state index in [1.54, 1.807) is 12.1 Å². The molecule has 13 heavy (non-hydrogen) atoms. The predicted octanol–water partition coefficient (Wildman–Crippen LogP) is 2.85. The second kappa shape index (κ2) is 4.70. The average Bonchev–Trinajstić information content (AvgIpc) is 2.11. The van der Waals surface area contributed by atoms with E-state index in [1.165, 1.54) is 0 Å². The number of nitrogens with two attached hydrogens (primary N) is 1. The molecule has 0 aliphatic carbocycles. The quantitative estimate of drug-likeness (QED) is 0.849. The molecular weight excluding hydrogens is 209 g/mol. The summed E-state index contributed by atoms with van der Waals surface area (Å²) in [7, 11) is 0. The van der Waals surface area contributed by atoms with Crippen molar-refractivity contribution < 1.29 is 4.74 Å². The maximum Gasteiger partial charge on any atom is 0.138 e. The standard InChI is InChI=1S/C9H11Cl2NO/c1-2-13-8-4-3-7(10)6(5-12)9(8)11/h3-4H,2,5,12H2,1H3. The number of hydrogen-bond acceptors (Lipinski definition) is 2. The summed E-state index contributed by atoms with van der Waals surface area (Å²) >= 11 is 11.9. The van der Waals surface area contributed by atoms with Crippen molar-refractivity contribution in [2.24, 2.45) is 5.73 Å². The Bertz CT molecular complexity index is 302. The Balaban J connectivity index is 3.11. The zero-order valence-electron chi connectivity index (χ0n) is 7.31. The molecule has 0 aliphatic heterocycles. The first-order valence-electron chi connectivity index (χ1n) is 4.00. The van der Waals surface area contributed by atoms with Crippen molar-refractivity contribution in [3.05, 3.63) is 27.7 Å². The molecule has 0 bridgehead atoms. The van der Waals surface area contributed by atoms with Crippen LogP contribution in [0.25, 0.3) is 0 Å². The Hall–Kier alpha value is -0.440. The van der Waals surface area contributed by atoms with Gasteiger partial charge in [-0.3, -0.25) is 0 Å².